The normalized spacial score (nSPS) is 11.0. The fourth-order valence-corrected chi connectivity index (χ4v) is 10.0. The van der Waals surface area contributed by atoms with Gasteiger partial charge < -0.3 is 0 Å². The number of benzene rings is 10. The first-order chi connectivity index (χ1) is 38.0. The van der Waals surface area contributed by atoms with Crippen molar-refractivity contribution in [1.82, 2.24) is 0 Å². The Morgan fingerprint density at radius 3 is 0.667 bits per heavy atom. The van der Waals surface area contributed by atoms with Crippen LogP contribution in [-0.2, 0) is 19.3 Å². The van der Waals surface area contributed by atoms with Crippen LogP contribution >= 0.6 is 0 Å². The van der Waals surface area contributed by atoms with Crippen molar-refractivity contribution >= 4 is 34.7 Å². The van der Waals surface area contributed by atoms with E-state index in [0.717, 1.165) is 50.1 Å². The molecule has 0 N–H and O–H groups in total. The molecule has 0 aliphatic carbocycles. The summed E-state index contributed by atoms with van der Waals surface area (Å²) in [5, 5.41) is 0. The van der Waals surface area contributed by atoms with E-state index in [1.807, 2.05) is 203 Å². The van der Waals surface area contributed by atoms with E-state index in [-0.39, 0.29) is 51.4 Å². The molecule has 0 fully saturated rings. The topological polar surface area (TPSA) is 102 Å². The maximum Gasteiger partial charge on any atom is 0.193 e. The summed E-state index contributed by atoms with van der Waals surface area (Å²) < 4.78 is 0. The zero-order valence-electron chi connectivity index (χ0n) is 43.6. The zero-order chi connectivity index (χ0) is 54.3. The highest BCUT2D eigenvalue weighted by atomic mass is 16.1. The molecule has 0 radical (unpaired) electrons. The van der Waals surface area contributed by atoms with Crippen molar-refractivity contribution in [3.63, 3.8) is 0 Å². The second-order valence-corrected chi connectivity index (χ2v) is 19.3. The van der Waals surface area contributed by atoms with Gasteiger partial charge in [0, 0.05) is 66.8 Å². The maximum absolute atomic E-state index is 14.6. The predicted octanol–water partition coefficient (Wildman–Crippen LogP) is 15.8. The van der Waals surface area contributed by atoms with Crippen molar-refractivity contribution in [1.29, 1.82) is 0 Å². The Hall–Kier alpha value is -9.78. The summed E-state index contributed by atoms with van der Waals surface area (Å²) in [5.74, 6) is -1.34. The van der Waals surface area contributed by atoms with Crippen LogP contribution in [-0.4, -0.2) is 34.7 Å². The minimum atomic E-state index is -0.384. The SMILES string of the molecule is CCc1ccc(-c2ccc(C(=O)c3cc(C(=O)c4ccc(-c5ccc(CC)c(C(=O)c6ccccc6)c5)cc4)cc(C(=O)c4ccc(-c5ccc(CC)c(C(=O)c6ccccc6)c5)cc4)c3)cc2)cc1C(=O)c1ccccc1. The molecule has 0 spiro atoms. The second-order valence-electron chi connectivity index (χ2n) is 19.3. The number of hydrogen-bond acceptors (Lipinski definition) is 6. The molecule has 378 valence electrons. The second kappa shape index (κ2) is 23.0. The highest BCUT2D eigenvalue weighted by molar-refractivity contribution is 6.18. The van der Waals surface area contributed by atoms with Gasteiger partial charge in [0.05, 0.1) is 0 Å². The van der Waals surface area contributed by atoms with Crippen LogP contribution in [0, 0.1) is 0 Å². The van der Waals surface area contributed by atoms with Crippen LogP contribution in [0.3, 0.4) is 0 Å². The van der Waals surface area contributed by atoms with E-state index in [4.69, 9.17) is 0 Å². The molecule has 0 aromatic heterocycles. The third-order valence-electron chi connectivity index (χ3n) is 14.5. The van der Waals surface area contributed by atoms with E-state index < -0.39 is 0 Å². The molecule has 6 nitrogen and oxygen atoms in total. The number of hydrogen-bond donors (Lipinski definition) is 0. The van der Waals surface area contributed by atoms with E-state index >= 15 is 0 Å². The number of rotatable bonds is 18. The van der Waals surface area contributed by atoms with Crippen molar-refractivity contribution in [2.75, 3.05) is 0 Å². The van der Waals surface area contributed by atoms with Crippen molar-refractivity contribution in [2.24, 2.45) is 0 Å². The molecule has 0 atom stereocenters. The molecule has 0 saturated heterocycles. The molecule has 0 aliphatic heterocycles. The summed E-state index contributed by atoms with van der Waals surface area (Å²) >= 11 is 0. The van der Waals surface area contributed by atoms with Crippen molar-refractivity contribution < 1.29 is 28.8 Å². The van der Waals surface area contributed by atoms with E-state index in [2.05, 4.69) is 0 Å². The molecule has 0 unspecified atom stereocenters. The van der Waals surface area contributed by atoms with Gasteiger partial charge in [-0.3, -0.25) is 28.8 Å². The molecule has 10 aromatic carbocycles. The largest absolute Gasteiger partial charge is 0.289 e. The van der Waals surface area contributed by atoms with Crippen LogP contribution < -0.4 is 0 Å². The zero-order valence-corrected chi connectivity index (χ0v) is 43.6. The molecule has 10 rings (SSSR count). The van der Waals surface area contributed by atoms with E-state index in [9.17, 15) is 28.8 Å². The number of ketones is 6. The highest BCUT2D eigenvalue weighted by Gasteiger charge is 2.22. The molecular weight excluding hydrogens is 961 g/mol. The Balaban J connectivity index is 0.972. The average molecular weight is 1020 g/mol. The van der Waals surface area contributed by atoms with Gasteiger partial charge in [0.15, 0.2) is 34.7 Å². The third-order valence-corrected chi connectivity index (χ3v) is 14.5. The quantitative estimate of drug-likeness (QED) is 0.0794. The van der Waals surface area contributed by atoms with Crippen LogP contribution in [0.4, 0.5) is 0 Å². The molecule has 0 saturated carbocycles. The van der Waals surface area contributed by atoms with E-state index in [1.165, 1.54) is 18.2 Å². The van der Waals surface area contributed by atoms with Gasteiger partial charge in [-0.2, -0.15) is 0 Å². The van der Waals surface area contributed by atoms with E-state index in [1.54, 1.807) is 36.4 Å². The fourth-order valence-electron chi connectivity index (χ4n) is 10.0. The fraction of sp³-hybridized carbons (Fsp3) is 0.0833. The number of carbonyl (C=O) groups is 6. The van der Waals surface area contributed by atoms with Gasteiger partial charge in [0.2, 0.25) is 0 Å². The minimum Gasteiger partial charge on any atom is -0.289 e. The van der Waals surface area contributed by atoms with Gasteiger partial charge in [-0.25, -0.2) is 0 Å². The summed E-state index contributed by atoms with van der Waals surface area (Å²) in [6.07, 6.45) is 2.05. The van der Waals surface area contributed by atoms with Gasteiger partial charge in [0.25, 0.3) is 0 Å². The monoisotopic (exact) mass is 1010 g/mol. The van der Waals surface area contributed by atoms with Gasteiger partial charge in [0.1, 0.15) is 0 Å². The summed E-state index contributed by atoms with van der Waals surface area (Å²) in [6, 6.07) is 71.0. The lowest BCUT2D eigenvalue weighted by Gasteiger charge is -2.13. The van der Waals surface area contributed by atoms with Crippen LogP contribution in [0.15, 0.2) is 237 Å². The number of aryl methyl sites for hydroxylation is 3. The van der Waals surface area contributed by atoms with E-state index in [0.29, 0.717) is 69.3 Å². The standard InChI is InChI=1S/C72H54O6/c1-4-46-22-37-58(43-64(46)70(76)52-16-10-7-11-17-52)49-25-31-55(32-26-49)67(73)61-40-62(68(74)56-33-27-50(28-34-56)59-38-23-47(5-2)65(44-59)71(77)53-18-12-8-13-19-53)42-63(41-61)69(75)57-35-29-51(30-36-57)60-39-24-48(6-3)66(45-60)72(78)54-20-14-9-15-21-54/h7-45H,4-6H2,1-3H3. The third kappa shape index (κ3) is 10.8. The number of carbonyl (C=O) groups excluding carboxylic acids is 6. The Kier molecular flexibility index (Phi) is 15.2. The maximum atomic E-state index is 14.6. The Labute approximate surface area is 454 Å². The molecule has 0 amide bonds. The van der Waals surface area contributed by atoms with Crippen LogP contribution in [0.5, 0.6) is 0 Å². The van der Waals surface area contributed by atoms with Gasteiger partial charge >= 0.3 is 0 Å². The van der Waals surface area contributed by atoms with Gasteiger partial charge in [-0.15, -0.1) is 0 Å². The molecule has 0 aliphatic rings. The Bertz CT molecular complexity index is 3490. The van der Waals surface area contributed by atoms with Crippen molar-refractivity contribution in [3.8, 4) is 33.4 Å². The first-order valence-electron chi connectivity index (χ1n) is 26.3. The molecule has 0 bridgehead atoms. The van der Waals surface area contributed by atoms with Crippen LogP contribution in [0.1, 0.15) is 133 Å². The predicted molar refractivity (Wildman–Crippen MR) is 310 cm³/mol. The lowest BCUT2D eigenvalue weighted by molar-refractivity contribution is 0.102. The smallest absolute Gasteiger partial charge is 0.193 e. The molecule has 0 heterocycles. The summed E-state index contributed by atoms with van der Waals surface area (Å²) in [6.45, 7) is 6.06. The molecule has 10 aromatic rings. The Morgan fingerprint density at radius 1 is 0.218 bits per heavy atom. The first kappa shape index (κ1) is 51.7. The summed E-state index contributed by atoms with van der Waals surface area (Å²) in [5.41, 5.74) is 12.9. The molecular formula is C72H54O6. The molecule has 78 heavy (non-hydrogen) atoms. The summed E-state index contributed by atoms with van der Waals surface area (Å²) in [4.78, 5) is 84.8. The van der Waals surface area contributed by atoms with Gasteiger partial charge in [-0.05, 0) is 106 Å². The lowest BCUT2D eigenvalue weighted by atomic mass is 9.90. The van der Waals surface area contributed by atoms with Crippen LogP contribution in [0.25, 0.3) is 33.4 Å². The first-order valence-corrected chi connectivity index (χ1v) is 26.3. The van der Waals surface area contributed by atoms with Crippen molar-refractivity contribution in [2.45, 2.75) is 40.0 Å². The van der Waals surface area contributed by atoms with Crippen LogP contribution in [0.2, 0.25) is 0 Å². The van der Waals surface area contributed by atoms with Crippen molar-refractivity contribution in [3.05, 3.63) is 320 Å². The highest BCUT2D eigenvalue weighted by Crippen LogP contribution is 2.31. The summed E-state index contributed by atoms with van der Waals surface area (Å²) in [7, 11) is 0. The lowest BCUT2D eigenvalue weighted by Crippen LogP contribution is -2.11. The molecule has 6 heteroatoms. The average Bonchev–Trinajstić information content (AvgIpc) is 3.52. The Morgan fingerprint density at radius 2 is 0.436 bits per heavy atom. The minimum absolute atomic E-state index is 0.0622. The van der Waals surface area contributed by atoms with Gasteiger partial charge in [-0.1, -0.05) is 221 Å².